The van der Waals surface area contributed by atoms with Gasteiger partial charge in [0.25, 0.3) is 0 Å². The van der Waals surface area contributed by atoms with Crippen LogP contribution in [0.25, 0.3) is 0 Å². The molecule has 0 aliphatic rings. The summed E-state index contributed by atoms with van der Waals surface area (Å²) in [6.45, 7) is 0. The fourth-order valence-electron chi connectivity index (χ4n) is 4.43. The highest BCUT2D eigenvalue weighted by Crippen LogP contribution is 2.29. The van der Waals surface area contributed by atoms with Gasteiger partial charge in [-0.25, -0.2) is 0 Å². The second-order valence-electron chi connectivity index (χ2n) is 9.69. The van der Waals surface area contributed by atoms with Crippen molar-refractivity contribution in [2.24, 2.45) is 0 Å². The van der Waals surface area contributed by atoms with E-state index in [-0.39, 0.29) is 0 Å². The van der Waals surface area contributed by atoms with E-state index in [4.69, 9.17) is 22.3 Å². The molecule has 0 amide bonds. The highest BCUT2D eigenvalue weighted by molar-refractivity contribution is 5.52. The molecule has 4 rings (SSSR count). The molecule has 2 N–H and O–H groups in total. The Balaban J connectivity index is 1.93. The molecule has 0 aliphatic heterocycles. The average Bonchev–Trinajstić information content (AvgIpc) is 3.10. The lowest BCUT2D eigenvalue weighted by Crippen LogP contribution is -2.29. The van der Waals surface area contributed by atoms with Crippen LogP contribution in [0.4, 0.5) is 0 Å². The summed E-state index contributed by atoms with van der Waals surface area (Å²) in [6, 6.07) is 35.4. The van der Waals surface area contributed by atoms with Gasteiger partial charge in [0.2, 0.25) is 22.4 Å². The predicted molar refractivity (Wildman–Crippen MR) is 172 cm³/mol. The molecule has 0 radical (unpaired) electrons. The maximum absolute atomic E-state index is 12.0. The Kier molecular flexibility index (Phi) is 9.77. The number of hydrogen-bond donors (Lipinski definition) is 2. The molecule has 4 aromatic carbocycles. The van der Waals surface area contributed by atoms with Gasteiger partial charge in [0.1, 0.15) is 0 Å². The molecule has 0 bridgehead atoms. The first-order valence-corrected chi connectivity index (χ1v) is 13.6. The van der Waals surface area contributed by atoms with Gasteiger partial charge in [0, 0.05) is 36.5 Å². The first-order valence-electron chi connectivity index (χ1n) is 13.6. The van der Waals surface area contributed by atoms with E-state index in [0.717, 1.165) is 0 Å². The third-order valence-corrected chi connectivity index (χ3v) is 7.03. The second-order valence-corrected chi connectivity index (χ2v) is 9.69. The molecule has 44 heavy (non-hydrogen) atoms. The largest absolute Gasteiger partial charge is 0.364 e. The average molecular weight is 575 g/mol. The molecule has 4 heteroatoms. The lowest BCUT2D eigenvalue weighted by molar-refractivity contribution is 0.0881. The van der Waals surface area contributed by atoms with E-state index < -0.39 is 22.4 Å². The Bertz CT molecular complexity index is 1700. The Morgan fingerprint density at radius 1 is 0.432 bits per heavy atom. The van der Waals surface area contributed by atoms with Crippen molar-refractivity contribution in [2.75, 3.05) is 14.2 Å². The molecule has 0 aromatic heterocycles. The number of terminal acetylenes is 2. The van der Waals surface area contributed by atoms with Gasteiger partial charge >= 0.3 is 0 Å². The summed E-state index contributed by atoms with van der Waals surface area (Å²) in [6.07, 6.45) is 11.8. The number of ether oxygens (including phenoxy) is 2. The van der Waals surface area contributed by atoms with E-state index in [1.54, 1.807) is 84.9 Å². The van der Waals surface area contributed by atoms with Crippen molar-refractivity contribution in [3.8, 4) is 60.2 Å². The second kappa shape index (κ2) is 13.7. The van der Waals surface area contributed by atoms with E-state index in [0.29, 0.717) is 22.3 Å². The maximum Gasteiger partial charge on any atom is 0.216 e. The fourth-order valence-corrected chi connectivity index (χ4v) is 4.43. The number of rotatable bonds is 6. The normalized spacial score (nSPS) is 15.6. The zero-order valence-electron chi connectivity index (χ0n) is 24.4. The number of methoxy groups -OCH3 is 2. The first-order chi connectivity index (χ1) is 21.3. The van der Waals surface area contributed by atoms with Crippen LogP contribution in [-0.2, 0) is 31.9 Å². The van der Waals surface area contributed by atoms with Crippen molar-refractivity contribution < 1.29 is 19.7 Å². The number of hydrogen-bond acceptors (Lipinski definition) is 4. The highest BCUT2D eigenvalue weighted by Gasteiger charge is 2.33. The Hall–Kier alpha value is -5.48. The molecule has 0 saturated carbocycles. The number of benzene rings is 4. The molecule has 4 aromatic rings. The molecule has 0 aliphatic carbocycles. The van der Waals surface area contributed by atoms with Crippen LogP contribution in [0.2, 0.25) is 0 Å². The van der Waals surface area contributed by atoms with Gasteiger partial charge in [0.15, 0.2) is 0 Å². The first kappa shape index (κ1) is 31.5. The SMILES string of the molecule is C#CC(C#CC(O)(C#CC(O)(C#CC(C#C)(OC)c1ccccc1)c1ccccc1)c1ccccc1)(OC)c1ccccc1. The molecular formula is C40H30O4. The molecule has 214 valence electrons. The van der Waals surface area contributed by atoms with Crippen LogP contribution in [0, 0.1) is 60.2 Å². The molecule has 4 nitrogen and oxygen atoms in total. The van der Waals surface area contributed by atoms with E-state index in [1.165, 1.54) is 14.2 Å². The van der Waals surface area contributed by atoms with Crippen molar-refractivity contribution in [3.05, 3.63) is 144 Å². The van der Waals surface area contributed by atoms with Crippen LogP contribution in [0.15, 0.2) is 121 Å². The minimum atomic E-state index is -2.09. The zero-order valence-corrected chi connectivity index (χ0v) is 24.4. The smallest absolute Gasteiger partial charge is 0.216 e. The van der Waals surface area contributed by atoms with Gasteiger partial charge in [-0.1, -0.05) is 133 Å². The zero-order chi connectivity index (χ0) is 31.5. The van der Waals surface area contributed by atoms with E-state index in [2.05, 4.69) is 47.4 Å². The Labute approximate surface area is 259 Å². The molecule has 0 heterocycles. The van der Waals surface area contributed by atoms with Crippen LogP contribution in [0.1, 0.15) is 22.3 Å². The van der Waals surface area contributed by atoms with Gasteiger partial charge in [-0.3, -0.25) is 0 Å². The number of aliphatic hydroxyl groups is 2. The minimum Gasteiger partial charge on any atom is -0.364 e. The topological polar surface area (TPSA) is 58.9 Å². The summed E-state index contributed by atoms with van der Waals surface area (Å²) in [7, 11) is 2.89. The van der Waals surface area contributed by atoms with Crippen molar-refractivity contribution in [2.45, 2.75) is 22.4 Å². The summed E-state index contributed by atoms with van der Waals surface area (Å²) in [5.41, 5.74) is -5.19. The molecule has 0 fully saturated rings. The van der Waals surface area contributed by atoms with Crippen LogP contribution in [0.5, 0.6) is 0 Å². The van der Waals surface area contributed by atoms with E-state index >= 15 is 0 Å². The fraction of sp³-hybridized carbons (Fsp3) is 0.150. The Morgan fingerprint density at radius 3 is 0.932 bits per heavy atom. The molecular weight excluding hydrogens is 544 g/mol. The van der Waals surface area contributed by atoms with Crippen molar-refractivity contribution >= 4 is 0 Å². The summed E-state index contributed by atoms with van der Waals surface area (Å²) in [4.78, 5) is 0. The van der Waals surface area contributed by atoms with Crippen LogP contribution < -0.4 is 0 Å². The third-order valence-electron chi connectivity index (χ3n) is 7.03. The Morgan fingerprint density at radius 2 is 0.682 bits per heavy atom. The molecule has 4 atom stereocenters. The maximum atomic E-state index is 12.0. The lowest BCUT2D eigenvalue weighted by Gasteiger charge is -2.24. The van der Waals surface area contributed by atoms with E-state index in [1.807, 2.05) is 36.4 Å². The standard InChI is InChI=1S/C40H30O4/c1-5-39(43-3,35-23-15-9-16-24-35)31-29-37(41,33-19-11-7-12-20-33)27-28-38(42,34-21-13-8-14-22-34)30-32-40(6-2,44-4)36-25-17-10-18-26-36/h1-2,7-26,41-42H,3-4H3. The van der Waals surface area contributed by atoms with Crippen LogP contribution in [-0.4, -0.2) is 24.4 Å². The van der Waals surface area contributed by atoms with Gasteiger partial charge in [-0.15, -0.1) is 12.8 Å². The van der Waals surface area contributed by atoms with Crippen LogP contribution in [0.3, 0.4) is 0 Å². The predicted octanol–water partition coefficient (Wildman–Crippen LogP) is 5.12. The van der Waals surface area contributed by atoms with E-state index in [9.17, 15) is 10.2 Å². The minimum absolute atomic E-state index is 0.359. The molecule has 4 unspecified atom stereocenters. The summed E-state index contributed by atoms with van der Waals surface area (Å²) in [5, 5.41) is 24.0. The van der Waals surface area contributed by atoms with Crippen molar-refractivity contribution in [1.29, 1.82) is 0 Å². The van der Waals surface area contributed by atoms with Crippen molar-refractivity contribution in [1.82, 2.24) is 0 Å². The summed E-state index contributed by atoms with van der Waals surface area (Å²) >= 11 is 0. The molecule has 0 spiro atoms. The van der Waals surface area contributed by atoms with Gasteiger partial charge in [-0.2, -0.15) is 0 Å². The summed E-state index contributed by atoms with van der Waals surface area (Å²) < 4.78 is 11.4. The quantitative estimate of drug-likeness (QED) is 0.314. The van der Waals surface area contributed by atoms with Crippen molar-refractivity contribution in [3.63, 3.8) is 0 Å². The monoisotopic (exact) mass is 574 g/mol. The van der Waals surface area contributed by atoms with Gasteiger partial charge in [-0.05, 0) is 35.5 Å². The van der Waals surface area contributed by atoms with Gasteiger partial charge in [0.05, 0.1) is 0 Å². The summed E-state index contributed by atoms with van der Waals surface area (Å²) in [5.74, 6) is 22.4. The third kappa shape index (κ3) is 6.61. The van der Waals surface area contributed by atoms with Crippen LogP contribution >= 0.6 is 0 Å². The van der Waals surface area contributed by atoms with Gasteiger partial charge < -0.3 is 19.7 Å². The lowest BCUT2D eigenvalue weighted by atomic mass is 9.88. The molecule has 0 saturated heterocycles. The highest BCUT2D eigenvalue weighted by atomic mass is 16.5.